The third-order valence-electron chi connectivity index (χ3n) is 3.08. The summed E-state index contributed by atoms with van der Waals surface area (Å²) < 4.78 is 6.82. The van der Waals surface area contributed by atoms with Crippen LogP contribution in [-0.2, 0) is 11.2 Å². The molecule has 1 aliphatic heterocycles. The number of carbonyl (C=O) groups is 1. The monoisotopic (exact) mass is 312 g/mol. The first-order valence-corrected chi connectivity index (χ1v) is 6.81. The van der Waals surface area contributed by atoms with E-state index in [1.165, 1.54) is 0 Å². The van der Waals surface area contributed by atoms with Crippen molar-refractivity contribution < 1.29 is 9.53 Å². The molecule has 0 saturated carbocycles. The highest BCUT2D eigenvalue weighted by atomic mass is 79.9. The number of ether oxygens (including phenoxy) is 1. The number of rotatable bonds is 4. The van der Waals surface area contributed by atoms with Crippen LogP contribution in [0.25, 0.3) is 0 Å². The summed E-state index contributed by atoms with van der Waals surface area (Å²) in [5, 5.41) is 0. The van der Waals surface area contributed by atoms with Gasteiger partial charge in [-0.3, -0.25) is 4.79 Å². The van der Waals surface area contributed by atoms with E-state index in [1.807, 2.05) is 18.2 Å². The van der Waals surface area contributed by atoms with Crippen molar-refractivity contribution in [2.24, 2.45) is 5.73 Å². The average Bonchev–Trinajstić information content (AvgIpc) is 2.65. The van der Waals surface area contributed by atoms with Gasteiger partial charge in [-0.2, -0.15) is 0 Å². The molecule has 2 rings (SSSR count). The molecule has 0 aromatic heterocycles. The van der Waals surface area contributed by atoms with Gasteiger partial charge in [0.1, 0.15) is 5.75 Å². The fraction of sp³-hybridized carbons (Fsp3) is 0.462. The molecule has 1 aromatic carbocycles. The molecular weight excluding hydrogens is 296 g/mol. The first-order chi connectivity index (χ1) is 8.61. The molecule has 1 amide bonds. The predicted octanol–water partition coefficient (Wildman–Crippen LogP) is 1.56. The molecule has 18 heavy (non-hydrogen) atoms. The number of nitrogens with zero attached hydrogens (tertiary/aromatic N) is 1. The number of hydrogen-bond donors (Lipinski definition) is 1. The Morgan fingerprint density at radius 1 is 1.56 bits per heavy atom. The van der Waals surface area contributed by atoms with Crippen molar-refractivity contribution in [1.29, 1.82) is 0 Å². The molecule has 0 bridgehead atoms. The summed E-state index contributed by atoms with van der Waals surface area (Å²) in [6.07, 6.45) is 1.13. The number of nitrogens with two attached hydrogens (primary N) is 1. The molecule has 1 atom stereocenters. The van der Waals surface area contributed by atoms with Gasteiger partial charge in [0.05, 0.1) is 0 Å². The number of benzene rings is 1. The zero-order chi connectivity index (χ0) is 13.1. The Kier molecular flexibility index (Phi) is 4.24. The van der Waals surface area contributed by atoms with Crippen LogP contribution >= 0.6 is 15.9 Å². The van der Waals surface area contributed by atoms with E-state index < -0.39 is 0 Å². The number of carbonyl (C=O) groups excluding carboxylic acids is 1. The fourth-order valence-corrected chi connectivity index (χ4v) is 2.48. The summed E-state index contributed by atoms with van der Waals surface area (Å²) in [7, 11) is 1.80. The van der Waals surface area contributed by atoms with Gasteiger partial charge in [-0.1, -0.05) is 15.9 Å². The van der Waals surface area contributed by atoms with Gasteiger partial charge in [-0.15, -0.1) is 0 Å². The third-order valence-corrected chi connectivity index (χ3v) is 3.58. The molecule has 0 radical (unpaired) electrons. The van der Waals surface area contributed by atoms with Gasteiger partial charge < -0.3 is 15.4 Å². The highest BCUT2D eigenvalue weighted by molar-refractivity contribution is 9.10. The average molecular weight is 313 g/mol. The summed E-state index contributed by atoms with van der Waals surface area (Å²) in [5.74, 6) is 0.814. The van der Waals surface area contributed by atoms with Crippen molar-refractivity contribution in [2.75, 3.05) is 20.1 Å². The summed E-state index contributed by atoms with van der Waals surface area (Å²) in [6, 6.07) is 5.80. The Morgan fingerprint density at radius 2 is 2.33 bits per heavy atom. The van der Waals surface area contributed by atoms with E-state index in [9.17, 15) is 4.79 Å². The van der Waals surface area contributed by atoms with E-state index >= 15 is 0 Å². The van der Waals surface area contributed by atoms with Crippen molar-refractivity contribution in [3.63, 3.8) is 0 Å². The van der Waals surface area contributed by atoms with Gasteiger partial charge in [-0.25, -0.2) is 0 Å². The maximum atomic E-state index is 11.8. The molecule has 5 heteroatoms. The summed E-state index contributed by atoms with van der Waals surface area (Å²) in [4.78, 5) is 13.5. The summed E-state index contributed by atoms with van der Waals surface area (Å²) in [5.41, 5.74) is 6.63. The van der Waals surface area contributed by atoms with Crippen LogP contribution in [-0.4, -0.2) is 37.0 Å². The molecule has 1 saturated heterocycles. The predicted molar refractivity (Wildman–Crippen MR) is 73.6 cm³/mol. The Hall–Kier alpha value is -1.07. The van der Waals surface area contributed by atoms with Crippen LogP contribution in [0, 0.1) is 0 Å². The quantitative estimate of drug-likeness (QED) is 0.918. The second-order valence-electron chi connectivity index (χ2n) is 4.45. The highest BCUT2D eigenvalue weighted by Crippen LogP contribution is 2.26. The maximum absolute atomic E-state index is 11.8. The van der Waals surface area contributed by atoms with E-state index in [0.29, 0.717) is 6.54 Å². The standard InChI is InChI=1S/C13H17BrN2O2/c1-16-7-5-12(13(16)17)18-11-3-2-10(14)8-9(11)4-6-15/h2-3,8,12H,4-7,15H2,1H3. The smallest absolute Gasteiger partial charge is 0.263 e. The summed E-state index contributed by atoms with van der Waals surface area (Å²) in [6.45, 7) is 1.32. The molecule has 1 fully saturated rings. The third kappa shape index (κ3) is 2.84. The Labute approximate surface area is 115 Å². The number of hydrogen-bond acceptors (Lipinski definition) is 3. The highest BCUT2D eigenvalue weighted by Gasteiger charge is 2.31. The minimum absolute atomic E-state index is 0.0524. The number of amides is 1. The number of likely N-dealkylation sites (N-methyl/N-ethyl adjacent to an activating group) is 1. The number of likely N-dealkylation sites (tertiary alicyclic amines) is 1. The Bertz CT molecular complexity index is 451. The van der Waals surface area contributed by atoms with Crippen molar-refractivity contribution in [3.8, 4) is 5.75 Å². The van der Waals surface area contributed by atoms with E-state index in [-0.39, 0.29) is 12.0 Å². The molecule has 1 aliphatic rings. The molecule has 1 aromatic rings. The zero-order valence-corrected chi connectivity index (χ0v) is 11.9. The Balaban J connectivity index is 2.16. The van der Waals surface area contributed by atoms with E-state index in [2.05, 4.69) is 15.9 Å². The van der Waals surface area contributed by atoms with Crippen LogP contribution in [0.15, 0.2) is 22.7 Å². The lowest BCUT2D eigenvalue weighted by Gasteiger charge is -2.16. The van der Waals surface area contributed by atoms with Crippen molar-refractivity contribution >= 4 is 21.8 Å². The van der Waals surface area contributed by atoms with Gasteiger partial charge in [0.25, 0.3) is 5.91 Å². The van der Waals surface area contributed by atoms with Crippen LogP contribution in [0.4, 0.5) is 0 Å². The van der Waals surface area contributed by atoms with Gasteiger partial charge in [-0.05, 0) is 36.7 Å². The fourth-order valence-electron chi connectivity index (χ4n) is 2.07. The van der Waals surface area contributed by atoms with Gasteiger partial charge in [0.15, 0.2) is 6.10 Å². The van der Waals surface area contributed by atoms with E-state index in [0.717, 1.165) is 35.2 Å². The minimum atomic E-state index is -0.354. The largest absolute Gasteiger partial charge is 0.480 e. The first-order valence-electron chi connectivity index (χ1n) is 6.02. The lowest BCUT2D eigenvalue weighted by Crippen LogP contribution is -2.29. The van der Waals surface area contributed by atoms with Gasteiger partial charge in [0.2, 0.25) is 0 Å². The Morgan fingerprint density at radius 3 is 2.94 bits per heavy atom. The molecule has 4 nitrogen and oxygen atoms in total. The van der Waals surface area contributed by atoms with E-state index in [4.69, 9.17) is 10.5 Å². The molecule has 98 valence electrons. The van der Waals surface area contributed by atoms with Crippen LogP contribution in [0.3, 0.4) is 0 Å². The molecule has 0 aliphatic carbocycles. The van der Waals surface area contributed by atoms with Gasteiger partial charge in [0, 0.05) is 24.5 Å². The van der Waals surface area contributed by atoms with Crippen molar-refractivity contribution in [1.82, 2.24) is 4.90 Å². The molecule has 1 heterocycles. The van der Waals surface area contributed by atoms with E-state index in [1.54, 1.807) is 11.9 Å². The zero-order valence-electron chi connectivity index (χ0n) is 10.4. The lowest BCUT2D eigenvalue weighted by molar-refractivity contribution is -0.132. The first kappa shape index (κ1) is 13.4. The maximum Gasteiger partial charge on any atom is 0.263 e. The molecule has 2 N–H and O–H groups in total. The van der Waals surface area contributed by atoms with Crippen LogP contribution in [0.1, 0.15) is 12.0 Å². The van der Waals surface area contributed by atoms with Gasteiger partial charge >= 0.3 is 0 Å². The van der Waals surface area contributed by atoms with Crippen LogP contribution < -0.4 is 10.5 Å². The minimum Gasteiger partial charge on any atom is -0.480 e. The second kappa shape index (κ2) is 5.71. The van der Waals surface area contributed by atoms with Crippen LogP contribution in [0.2, 0.25) is 0 Å². The van der Waals surface area contributed by atoms with Crippen molar-refractivity contribution in [2.45, 2.75) is 18.9 Å². The topological polar surface area (TPSA) is 55.6 Å². The van der Waals surface area contributed by atoms with Crippen molar-refractivity contribution in [3.05, 3.63) is 28.2 Å². The SMILES string of the molecule is CN1CCC(Oc2ccc(Br)cc2CCN)C1=O. The normalized spacial score (nSPS) is 19.4. The summed E-state index contributed by atoms with van der Waals surface area (Å²) >= 11 is 3.43. The number of halogens is 1. The molecular formula is C13H17BrN2O2. The second-order valence-corrected chi connectivity index (χ2v) is 5.36. The lowest BCUT2D eigenvalue weighted by atomic mass is 10.1. The van der Waals surface area contributed by atoms with Crippen LogP contribution in [0.5, 0.6) is 5.75 Å². The molecule has 1 unspecified atom stereocenters. The molecule has 0 spiro atoms.